The number of nitrogens with zero attached hydrogens (tertiary/aromatic N) is 1. The second kappa shape index (κ2) is 9.16. The van der Waals surface area contributed by atoms with Crippen molar-refractivity contribution in [2.24, 2.45) is 5.92 Å². The van der Waals surface area contributed by atoms with Crippen molar-refractivity contribution in [2.45, 2.75) is 59.1 Å². The van der Waals surface area contributed by atoms with Gasteiger partial charge in [0.25, 0.3) is 0 Å². The number of hydrogen-bond acceptors (Lipinski definition) is 2. The quantitative estimate of drug-likeness (QED) is 0.730. The molecule has 0 saturated carbocycles. The second-order valence-electron chi connectivity index (χ2n) is 6.05. The normalized spacial score (nSPS) is 16.0. The number of halogens is 1. The number of aliphatic hydroxyl groups is 1. The van der Waals surface area contributed by atoms with Gasteiger partial charge in [-0.15, -0.1) is 0 Å². The Bertz CT molecular complexity index is 410. The molecule has 1 rings (SSSR count). The Morgan fingerprint density at radius 2 is 1.86 bits per heavy atom. The standard InChI is InChI=1S/C18H30FNO/c1-5-7-12-20(15(4)6-2)13-14(3)18(21)16-10-8-9-11-17(16)19/h8-11,14-15,18,21H,5-7,12-13H2,1-4H3. The van der Waals surface area contributed by atoms with Gasteiger partial charge in [-0.25, -0.2) is 4.39 Å². The maximum Gasteiger partial charge on any atom is 0.129 e. The van der Waals surface area contributed by atoms with Gasteiger partial charge in [0.2, 0.25) is 0 Å². The Kier molecular flexibility index (Phi) is 7.91. The summed E-state index contributed by atoms with van der Waals surface area (Å²) in [6.07, 6.45) is 2.66. The minimum atomic E-state index is -0.751. The van der Waals surface area contributed by atoms with Crippen molar-refractivity contribution >= 4 is 0 Å². The molecule has 0 spiro atoms. The Morgan fingerprint density at radius 1 is 1.19 bits per heavy atom. The fourth-order valence-electron chi connectivity index (χ4n) is 2.60. The lowest BCUT2D eigenvalue weighted by atomic mass is 9.95. The number of aliphatic hydroxyl groups excluding tert-OH is 1. The summed E-state index contributed by atoms with van der Waals surface area (Å²) < 4.78 is 13.8. The summed E-state index contributed by atoms with van der Waals surface area (Å²) in [5, 5.41) is 10.4. The summed E-state index contributed by atoms with van der Waals surface area (Å²) in [4.78, 5) is 2.41. The molecule has 21 heavy (non-hydrogen) atoms. The van der Waals surface area contributed by atoms with Gasteiger partial charge in [0.1, 0.15) is 5.82 Å². The van der Waals surface area contributed by atoms with Gasteiger partial charge in [-0.2, -0.15) is 0 Å². The van der Waals surface area contributed by atoms with Crippen molar-refractivity contribution in [3.63, 3.8) is 0 Å². The summed E-state index contributed by atoms with van der Waals surface area (Å²) in [6.45, 7) is 10.4. The minimum absolute atomic E-state index is 0.00718. The van der Waals surface area contributed by atoms with Crippen LogP contribution in [0.25, 0.3) is 0 Å². The average molecular weight is 295 g/mol. The summed E-state index contributed by atoms with van der Waals surface area (Å²) >= 11 is 0. The molecule has 3 heteroatoms. The van der Waals surface area contributed by atoms with E-state index in [0.29, 0.717) is 11.6 Å². The molecule has 0 aliphatic heterocycles. The second-order valence-corrected chi connectivity index (χ2v) is 6.05. The predicted molar refractivity (Wildman–Crippen MR) is 86.8 cm³/mol. The van der Waals surface area contributed by atoms with Crippen molar-refractivity contribution in [1.29, 1.82) is 0 Å². The van der Waals surface area contributed by atoms with E-state index in [9.17, 15) is 9.50 Å². The third kappa shape index (κ3) is 5.40. The molecule has 0 bridgehead atoms. The molecule has 2 nitrogen and oxygen atoms in total. The molecule has 3 atom stereocenters. The molecule has 0 aliphatic carbocycles. The summed E-state index contributed by atoms with van der Waals surface area (Å²) in [5.41, 5.74) is 0.407. The molecule has 1 aromatic carbocycles. The molecule has 0 heterocycles. The van der Waals surface area contributed by atoms with Gasteiger partial charge in [-0.05, 0) is 38.3 Å². The molecule has 0 saturated heterocycles. The minimum Gasteiger partial charge on any atom is -0.388 e. The lowest BCUT2D eigenvalue weighted by molar-refractivity contribution is 0.0719. The van der Waals surface area contributed by atoms with E-state index in [1.54, 1.807) is 18.2 Å². The smallest absolute Gasteiger partial charge is 0.129 e. The van der Waals surface area contributed by atoms with Crippen LogP contribution in [0.5, 0.6) is 0 Å². The van der Waals surface area contributed by atoms with Crippen LogP contribution in [0.1, 0.15) is 58.6 Å². The number of hydrogen-bond donors (Lipinski definition) is 1. The maximum atomic E-state index is 13.8. The summed E-state index contributed by atoms with van der Waals surface area (Å²) in [7, 11) is 0. The van der Waals surface area contributed by atoms with Crippen molar-refractivity contribution in [2.75, 3.05) is 13.1 Å². The molecule has 120 valence electrons. The first kappa shape index (κ1) is 18.1. The highest BCUT2D eigenvalue weighted by Gasteiger charge is 2.23. The molecular weight excluding hydrogens is 265 g/mol. The van der Waals surface area contributed by atoms with Crippen LogP contribution in [0, 0.1) is 11.7 Å². The highest BCUT2D eigenvalue weighted by molar-refractivity contribution is 5.20. The van der Waals surface area contributed by atoms with E-state index in [1.165, 1.54) is 6.07 Å². The van der Waals surface area contributed by atoms with Crippen LogP contribution in [0.4, 0.5) is 4.39 Å². The van der Waals surface area contributed by atoms with Crippen LogP contribution in [-0.2, 0) is 0 Å². The molecular formula is C18H30FNO. The predicted octanol–water partition coefficient (Wildman–Crippen LogP) is 4.40. The summed E-state index contributed by atoms with van der Waals surface area (Å²) in [6, 6.07) is 7.01. The van der Waals surface area contributed by atoms with Gasteiger partial charge in [-0.3, -0.25) is 0 Å². The van der Waals surface area contributed by atoms with Gasteiger partial charge in [0, 0.05) is 18.2 Å². The summed E-state index contributed by atoms with van der Waals surface area (Å²) in [5.74, 6) is -0.312. The Labute approximate surface area is 129 Å². The zero-order valence-electron chi connectivity index (χ0n) is 13.8. The zero-order valence-corrected chi connectivity index (χ0v) is 13.8. The fourth-order valence-corrected chi connectivity index (χ4v) is 2.60. The Hall–Kier alpha value is -0.930. The van der Waals surface area contributed by atoms with Gasteiger partial charge in [0.15, 0.2) is 0 Å². The number of rotatable bonds is 9. The molecule has 1 N–H and O–H groups in total. The molecule has 0 aliphatic rings. The third-order valence-electron chi connectivity index (χ3n) is 4.30. The first-order valence-corrected chi connectivity index (χ1v) is 8.17. The highest BCUT2D eigenvalue weighted by Crippen LogP contribution is 2.25. The molecule has 0 amide bonds. The topological polar surface area (TPSA) is 23.5 Å². The molecule has 0 fully saturated rings. The average Bonchev–Trinajstić information content (AvgIpc) is 2.50. The monoisotopic (exact) mass is 295 g/mol. The lowest BCUT2D eigenvalue weighted by Crippen LogP contribution is -2.38. The molecule has 0 radical (unpaired) electrons. The van der Waals surface area contributed by atoms with E-state index >= 15 is 0 Å². The Morgan fingerprint density at radius 3 is 2.43 bits per heavy atom. The molecule has 1 aromatic rings. The third-order valence-corrected chi connectivity index (χ3v) is 4.30. The SMILES string of the molecule is CCCCN(CC(C)C(O)c1ccccc1F)C(C)CC. The molecule has 0 aromatic heterocycles. The van der Waals surface area contributed by atoms with E-state index in [4.69, 9.17) is 0 Å². The van der Waals surface area contributed by atoms with E-state index in [2.05, 4.69) is 25.7 Å². The zero-order chi connectivity index (χ0) is 15.8. The van der Waals surface area contributed by atoms with Crippen LogP contribution < -0.4 is 0 Å². The van der Waals surface area contributed by atoms with Crippen LogP contribution in [0.3, 0.4) is 0 Å². The first-order chi connectivity index (χ1) is 10.0. The van der Waals surface area contributed by atoms with Gasteiger partial charge >= 0.3 is 0 Å². The van der Waals surface area contributed by atoms with Crippen molar-refractivity contribution in [3.8, 4) is 0 Å². The van der Waals surface area contributed by atoms with E-state index in [1.807, 2.05) is 6.92 Å². The Balaban J connectivity index is 2.71. The number of benzene rings is 1. The first-order valence-electron chi connectivity index (χ1n) is 8.17. The van der Waals surface area contributed by atoms with Gasteiger partial charge < -0.3 is 10.0 Å². The maximum absolute atomic E-state index is 13.8. The van der Waals surface area contributed by atoms with Crippen LogP contribution in [0.15, 0.2) is 24.3 Å². The van der Waals surface area contributed by atoms with Crippen LogP contribution >= 0.6 is 0 Å². The lowest BCUT2D eigenvalue weighted by Gasteiger charge is -2.32. The van der Waals surface area contributed by atoms with E-state index in [-0.39, 0.29) is 11.7 Å². The molecule has 3 unspecified atom stereocenters. The fraction of sp³-hybridized carbons (Fsp3) is 0.667. The van der Waals surface area contributed by atoms with Gasteiger partial charge in [-0.1, -0.05) is 45.4 Å². The van der Waals surface area contributed by atoms with Gasteiger partial charge in [0.05, 0.1) is 6.10 Å². The largest absolute Gasteiger partial charge is 0.388 e. The van der Waals surface area contributed by atoms with Crippen LogP contribution in [-0.4, -0.2) is 29.1 Å². The van der Waals surface area contributed by atoms with Crippen LogP contribution in [0.2, 0.25) is 0 Å². The van der Waals surface area contributed by atoms with Crippen molar-refractivity contribution in [3.05, 3.63) is 35.6 Å². The van der Waals surface area contributed by atoms with E-state index < -0.39 is 6.10 Å². The van der Waals surface area contributed by atoms with Crippen molar-refractivity contribution < 1.29 is 9.50 Å². The number of unbranched alkanes of at least 4 members (excludes halogenated alkanes) is 1. The van der Waals surface area contributed by atoms with Crippen molar-refractivity contribution in [1.82, 2.24) is 4.90 Å². The van der Waals surface area contributed by atoms with E-state index in [0.717, 1.165) is 32.4 Å². The highest BCUT2D eigenvalue weighted by atomic mass is 19.1.